The lowest BCUT2D eigenvalue weighted by molar-refractivity contribution is -0.141. The van der Waals surface area contributed by atoms with Gasteiger partial charge in [0.15, 0.2) is 10.7 Å². The Balaban J connectivity index is 2.45. The second-order valence-corrected chi connectivity index (χ2v) is 10.4. The second kappa shape index (κ2) is 7.44. The number of aryl methyl sites for hydroxylation is 1. The van der Waals surface area contributed by atoms with Gasteiger partial charge >= 0.3 is 12.3 Å². The molecule has 1 saturated heterocycles. The Morgan fingerprint density at radius 3 is 2.24 bits per heavy atom. The lowest BCUT2D eigenvalue weighted by Crippen LogP contribution is -2.57. The van der Waals surface area contributed by atoms with Crippen molar-refractivity contribution in [3.63, 3.8) is 0 Å². The fourth-order valence-electron chi connectivity index (χ4n) is 3.23. The van der Waals surface area contributed by atoms with Crippen LogP contribution >= 0.6 is 0 Å². The number of hydrogen-bond acceptors (Lipinski definition) is 5. The molecule has 0 saturated carbocycles. The van der Waals surface area contributed by atoms with Crippen LogP contribution in [0.2, 0.25) is 0 Å². The second-order valence-electron chi connectivity index (χ2n) is 8.16. The van der Waals surface area contributed by atoms with Crippen molar-refractivity contribution in [2.24, 2.45) is 7.05 Å². The first-order valence-electron chi connectivity index (χ1n) is 9.03. The zero-order valence-corrected chi connectivity index (χ0v) is 17.7. The van der Waals surface area contributed by atoms with Crippen LogP contribution in [0.4, 0.5) is 22.4 Å². The average molecular weight is 443 g/mol. The molecule has 2 rings (SSSR count). The van der Waals surface area contributed by atoms with Gasteiger partial charge in [-0.15, -0.1) is 0 Å². The zero-order chi connectivity index (χ0) is 22.4. The van der Waals surface area contributed by atoms with Gasteiger partial charge in [0, 0.05) is 19.7 Å². The summed E-state index contributed by atoms with van der Waals surface area (Å²) in [7, 11) is -3.94. The highest BCUT2D eigenvalue weighted by atomic mass is 32.2. The van der Waals surface area contributed by atoms with Gasteiger partial charge in [-0.3, -0.25) is 4.68 Å². The van der Waals surface area contributed by atoms with Crippen molar-refractivity contribution in [1.82, 2.24) is 14.7 Å². The van der Waals surface area contributed by atoms with E-state index in [9.17, 15) is 26.4 Å². The van der Waals surface area contributed by atoms with Gasteiger partial charge in [0.05, 0.1) is 6.04 Å². The molecular weight excluding hydrogens is 418 g/mol. The number of ether oxygens (including phenoxy) is 1. The smallest absolute Gasteiger partial charge is 0.435 e. The number of alkyl halides is 4. The van der Waals surface area contributed by atoms with Crippen molar-refractivity contribution in [3.05, 3.63) is 11.8 Å². The van der Waals surface area contributed by atoms with Crippen LogP contribution in [-0.4, -0.2) is 52.4 Å². The number of carbonyl (C=O) groups is 1. The van der Waals surface area contributed by atoms with Crippen molar-refractivity contribution in [1.29, 1.82) is 0 Å². The van der Waals surface area contributed by atoms with E-state index in [1.807, 2.05) is 0 Å². The summed E-state index contributed by atoms with van der Waals surface area (Å²) in [5.41, 5.74) is -2.32. The highest BCUT2D eigenvalue weighted by molar-refractivity contribution is 7.92. The highest BCUT2D eigenvalue weighted by Crippen LogP contribution is 2.39. The molecular formula is C17H25F4N3O4S. The molecule has 1 aliphatic heterocycles. The summed E-state index contributed by atoms with van der Waals surface area (Å²) >= 11 is 0. The lowest BCUT2D eigenvalue weighted by Gasteiger charge is -2.41. The summed E-state index contributed by atoms with van der Waals surface area (Å²) < 4.78 is 86.3. The van der Waals surface area contributed by atoms with E-state index < -0.39 is 49.5 Å². The molecule has 2 atom stereocenters. The molecule has 1 aromatic heterocycles. The monoisotopic (exact) mass is 443 g/mol. The van der Waals surface area contributed by atoms with E-state index in [1.165, 1.54) is 0 Å². The number of likely N-dealkylation sites (tertiary alicyclic amines) is 1. The van der Waals surface area contributed by atoms with E-state index in [0.29, 0.717) is 23.6 Å². The molecule has 1 fully saturated rings. The van der Waals surface area contributed by atoms with E-state index >= 15 is 4.39 Å². The highest BCUT2D eigenvalue weighted by Gasteiger charge is 2.54. The lowest BCUT2D eigenvalue weighted by atomic mass is 9.99. The molecule has 0 radical (unpaired) electrons. The molecule has 0 aromatic carbocycles. The quantitative estimate of drug-likeness (QED) is 0.666. The topological polar surface area (TPSA) is 81.5 Å². The third-order valence-corrected chi connectivity index (χ3v) is 6.91. The Bertz CT molecular complexity index is 872. The zero-order valence-electron chi connectivity index (χ0n) is 16.9. The van der Waals surface area contributed by atoms with Crippen LogP contribution in [0, 0.1) is 0 Å². The molecule has 1 amide bonds. The van der Waals surface area contributed by atoms with Crippen LogP contribution in [0.1, 0.15) is 52.7 Å². The minimum Gasteiger partial charge on any atom is -0.444 e. The van der Waals surface area contributed by atoms with Gasteiger partial charge in [-0.1, -0.05) is 0 Å². The molecule has 0 N–H and O–H groups in total. The number of piperidine rings is 1. The Morgan fingerprint density at radius 1 is 1.17 bits per heavy atom. The summed E-state index contributed by atoms with van der Waals surface area (Å²) in [5, 5.41) is -0.817. The Hall–Kier alpha value is -1.85. The van der Waals surface area contributed by atoms with E-state index in [1.54, 1.807) is 20.8 Å². The van der Waals surface area contributed by atoms with Crippen molar-refractivity contribution >= 4 is 15.9 Å². The average Bonchev–Trinajstić information content (AvgIpc) is 2.96. The van der Waals surface area contributed by atoms with Crippen LogP contribution < -0.4 is 0 Å². The molecule has 1 aliphatic rings. The van der Waals surface area contributed by atoms with E-state index in [4.69, 9.17) is 4.74 Å². The first-order chi connectivity index (χ1) is 13.0. The van der Waals surface area contributed by atoms with Gasteiger partial charge in [-0.25, -0.2) is 17.6 Å². The Kier molecular flexibility index (Phi) is 6.01. The number of rotatable bonds is 3. The van der Waals surface area contributed by atoms with Gasteiger partial charge in [-0.2, -0.15) is 18.3 Å². The number of sulfone groups is 1. The molecule has 7 nitrogen and oxygen atoms in total. The van der Waals surface area contributed by atoms with Gasteiger partial charge < -0.3 is 9.64 Å². The molecule has 29 heavy (non-hydrogen) atoms. The van der Waals surface area contributed by atoms with Crippen molar-refractivity contribution in [2.75, 3.05) is 6.54 Å². The molecule has 0 spiro atoms. The fourth-order valence-corrected chi connectivity index (χ4v) is 4.90. The standard InChI is InChI=1S/C17H25F4N3O4S/c1-15(2,3)28-14(25)24-9-7-6-8-12(24)16(4,18)29(26,27)13-10-11(17(19,20)21)22-23(13)5/h10,12H,6-9H2,1-5H3. The molecule has 0 aliphatic carbocycles. The predicted octanol–water partition coefficient (Wildman–Crippen LogP) is 3.69. The van der Waals surface area contributed by atoms with Crippen LogP contribution in [-0.2, 0) is 27.8 Å². The first-order valence-corrected chi connectivity index (χ1v) is 10.5. The number of carbonyl (C=O) groups excluding carboxylic acids is 1. The third kappa shape index (κ3) is 4.67. The van der Waals surface area contributed by atoms with Crippen LogP contribution in [0.25, 0.3) is 0 Å². The molecule has 2 heterocycles. The van der Waals surface area contributed by atoms with Crippen molar-refractivity contribution < 1.29 is 35.5 Å². The minimum atomic E-state index is -4.93. The van der Waals surface area contributed by atoms with Crippen molar-refractivity contribution in [3.8, 4) is 0 Å². The summed E-state index contributed by atoms with van der Waals surface area (Å²) in [6, 6.07) is -1.12. The third-order valence-electron chi connectivity index (χ3n) is 4.65. The van der Waals surface area contributed by atoms with Gasteiger partial charge in [0.2, 0.25) is 14.8 Å². The van der Waals surface area contributed by atoms with E-state index in [2.05, 4.69) is 5.10 Å². The normalized spacial score (nSPS) is 21.0. The van der Waals surface area contributed by atoms with Crippen LogP contribution in [0.5, 0.6) is 0 Å². The van der Waals surface area contributed by atoms with Gasteiger partial charge in [-0.05, 0) is 47.0 Å². The van der Waals surface area contributed by atoms with E-state index in [-0.39, 0.29) is 13.0 Å². The summed E-state index contributed by atoms with van der Waals surface area (Å²) in [5.74, 6) is 0. The maximum absolute atomic E-state index is 15.8. The summed E-state index contributed by atoms with van der Waals surface area (Å²) in [6.07, 6.45) is -4.75. The maximum atomic E-state index is 15.8. The fraction of sp³-hybridized carbons (Fsp3) is 0.765. The number of aromatic nitrogens is 2. The molecule has 1 aromatic rings. The van der Waals surface area contributed by atoms with Crippen molar-refractivity contribution in [2.45, 2.75) is 74.8 Å². The molecule has 0 bridgehead atoms. The minimum absolute atomic E-state index is 0.0233. The summed E-state index contributed by atoms with van der Waals surface area (Å²) in [6.45, 7) is 5.68. The largest absolute Gasteiger partial charge is 0.444 e. The number of amides is 1. The number of hydrogen-bond donors (Lipinski definition) is 0. The maximum Gasteiger partial charge on any atom is 0.435 e. The first kappa shape index (κ1) is 23.4. The van der Waals surface area contributed by atoms with Crippen LogP contribution in [0.3, 0.4) is 0 Å². The van der Waals surface area contributed by atoms with Gasteiger partial charge in [0.1, 0.15) is 5.60 Å². The number of nitrogens with zero attached hydrogens (tertiary/aromatic N) is 3. The Labute approximate surface area is 166 Å². The summed E-state index contributed by atoms with van der Waals surface area (Å²) in [4.78, 5) is 13.5. The Morgan fingerprint density at radius 2 is 1.76 bits per heavy atom. The van der Waals surface area contributed by atoms with E-state index in [0.717, 1.165) is 18.9 Å². The number of halogens is 4. The predicted molar refractivity (Wildman–Crippen MR) is 95.5 cm³/mol. The SMILES string of the molecule is Cn1nc(C(F)(F)F)cc1S(=O)(=O)C(C)(F)C1CCCCN1C(=O)OC(C)(C)C. The van der Waals surface area contributed by atoms with Gasteiger partial charge in [0.25, 0.3) is 0 Å². The van der Waals surface area contributed by atoms with Crippen LogP contribution in [0.15, 0.2) is 11.1 Å². The molecule has 12 heteroatoms. The molecule has 166 valence electrons. The molecule has 2 unspecified atom stereocenters.